The van der Waals surface area contributed by atoms with Gasteiger partial charge in [0.1, 0.15) is 6.04 Å². The van der Waals surface area contributed by atoms with E-state index in [-0.39, 0.29) is 19.4 Å². The second kappa shape index (κ2) is 8.69. The summed E-state index contributed by atoms with van der Waals surface area (Å²) in [6.07, 6.45) is -0.00269. The molecule has 0 aromatic heterocycles. The highest BCUT2D eigenvalue weighted by Gasteiger charge is 2.23. The summed E-state index contributed by atoms with van der Waals surface area (Å²) < 4.78 is 0. The number of aliphatic carboxylic acids is 1. The van der Waals surface area contributed by atoms with Gasteiger partial charge in [0, 0.05) is 6.54 Å². The maximum absolute atomic E-state index is 11.5. The molecule has 0 rings (SSSR count). The summed E-state index contributed by atoms with van der Waals surface area (Å²) in [5, 5.41) is 13.4. The molecule has 0 saturated heterocycles. The second-order valence-corrected chi connectivity index (χ2v) is 4.11. The monoisotopic (exact) mass is 289 g/mol. The Labute approximate surface area is 115 Å². The van der Waals surface area contributed by atoms with Gasteiger partial charge in [-0.15, -0.1) is 0 Å². The number of hydrogen-bond acceptors (Lipinski definition) is 5. The number of nitrogens with two attached hydrogens (primary N) is 3. The third-order valence-corrected chi connectivity index (χ3v) is 2.34. The van der Waals surface area contributed by atoms with Crippen LogP contribution in [0.1, 0.15) is 19.3 Å². The molecule has 4 amide bonds. The van der Waals surface area contributed by atoms with Gasteiger partial charge in [0.15, 0.2) is 0 Å². The molecular formula is C10H19N5O5. The molecule has 2 atom stereocenters. The van der Waals surface area contributed by atoms with Crippen molar-refractivity contribution in [3.63, 3.8) is 0 Å². The minimum Gasteiger partial charge on any atom is -0.480 e. The molecule has 0 radical (unpaired) electrons. The molecule has 0 aromatic carbocycles. The summed E-state index contributed by atoms with van der Waals surface area (Å²) in [6, 6.07) is -3.08. The van der Waals surface area contributed by atoms with E-state index < -0.39 is 35.9 Å². The highest BCUT2D eigenvalue weighted by Crippen LogP contribution is 1.99. The van der Waals surface area contributed by atoms with E-state index in [9.17, 15) is 19.2 Å². The van der Waals surface area contributed by atoms with Crippen LogP contribution in [0.3, 0.4) is 0 Å². The van der Waals surface area contributed by atoms with E-state index in [2.05, 4.69) is 10.6 Å². The van der Waals surface area contributed by atoms with E-state index in [1.165, 1.54) is 0 Å². The first-order valence-electron chi connectivity index (χ1n) is 5.84. The van der Waals surface area contributed by atoms with Crippen LogP contribution >= 0.6 is 0 Å². The Kier molecular flexibility index (Phi) is 7.67. The molecule has 0 aliphatic heterocycles. The average molecular weight is 289 g/mol. The Balaban J connectivity index is 4.26. The topological polar surface area (TPSA) is 191 Å². The number of urea groups is 1. The van der Waals surface area contributed by atoms with E-state index >= 15 is 0 Å². The number of carboxylic acid groups (broad SMARTS) is 1. The molecule has 0 heterocycles. The predicted octanol–water partition coefficient (Wildman–Crippen LogP) is -2.79. The molecule has 10 nitrogen and oxygen atoms in total. The number of hydrogen-bond donors (Lipinski definition) is 6. The average Bonchev–Trinajstić information content (AvgIpc) is 2.31. The normalized spacial score (nSPS) is 13.1. The highest BCUT2D eigenvalue weighted by molar-refractivity contribution is 5.90. The van der Waals surface area contributed by atoms with E-state index in [1.54, 1.807) is 0 Å². The molecule has 0 unspecified atom stereocenters. The lowest BCUT2D eigenvalue weighted by Gasteiger charge is -2.17. The van der Waals surface area contributed by atoms with Crippen molar-refractivity contribution < 1.29 is 24.3 Å². The van der Waals surface area contributed by atoms with Gasteiger partial charge >= 0.3 is 12.0 Å². The van der Waals surface area contributed by atoms with Gasteiger partial charge in [-0.05, 0) is 12.8 Å². The lowest BCUT2D eigenvalue weighted by atomic mass is 10.1. The van der Waals surface area contributed by atoms with Crippen LogP contribution in [-0.2, 0) is 14.4 Å². The van der Waals surface area contributed by atoms with Gasteiger partial charge in [0.25, 0.3) is 0 Å². The molecule has 0 fully saturated rings. The van der Waals surface area contributed by atoms with Gasteiger partial charge in [-0.3, -0.25) is 9.59 Å². The Morgan fingerprint density at radius 2 is 1.75 bits per heavy atom. The highest BCUT2D eigenvalue weighted by atomic mass is 16.4. The Morgan fingerprint density at radius 3 is 2.20 bits per heavy atom. The molecule has 20 heavy (non-hydrogen) atoms. The molecule has 0 saturated carbocycles. The minimum absolute atomic E-state index is 0.0741. The first-order valence-corrected chi connectivity index (χ1v) is 5.84. The van der Waals surface area contributed by atoms with E-state index in [1.807, 2.05) is 0 Å². The number of carbonyl (C=O) groups excluding carboxylic acids is 3. The molecular weight excluding hydrogens is 270 g/mol. The maximum atomic E-state index is 11.5. The Morgan fingerprint density at radius 1 is 1.15 bits per heavy atom. The summed E-state index contributed by atoms with van der Waals surface area (Å²) in [5.74, 6) is -2.78. The van der Waals surface area contributed by atoms with Crippen molar-refractivity contribution in [2.45, 2.75) is 31.3 Å². The largest absolute Gasteiger partial charge is 0.480 e. The third kappa shape index (κ3) is 7.87. The minimum atomic E-state index is -1.25. The van der Waals surface area contributed by atoms with Crippen LogP contribution in [0.5, 0.6) is 0 Å². The molecule has 0 aromatic rings. The smallest absolute Gasteiger partial charge is 0.326 e. The van der Waals surface area contributed by atoms with Crippen molar-refractivity contribution >= 4 is 23.8 Å². The van der Waals surface area contributed by atoms with Crippen LogP contribution in [0, 0.1) is 0 Å². The summed E-state index contributed by atoms with van der Waals surface area (Å²) in [6.45, 7) is 0.183. The van der Waals surface area contributed by atoms with E-state index in [4.69, 9.17) is 22.3 Å². The number of carbonyl (C=O) groups is 4. The first-order chi connectivity index (χ1) is 9.23. The molecule has 114 valence electrons. The van der Waals surface area contributed by atoms with Crippen LogP contribution in [0.2, 0.25) is 0 Å². The molecule has 9 N–H and O–H groups in total. The summed E-state index contributed by atoms with van der Waals surface area (Å²) in [5.41, 5.74) is 15.1. The van der Waals surface area contributed by atoms with Crippen LogP contribution in [0.25, 0.3) is 0 Å². The fourth-order valence-electron chi connectivity index (χ4n) is 1.36. The van der Waals surface area contributed by atoms with Gasteiger partial charge < -0.3 is 32.9 Å². The Hall–Kier alpha value is -2.36. The molecule has 0 bridgehead atoms. The van der Waals surface area contributed by atoms with Crippen molar-refractivity contribution in [3.8, 4) is 0 Å². The van der Waals surface area contributed by atoms with Gasteiger partial charge in [0.2, 0.25) is 11.8 Å². The number of primary amides is 2. The fourth-order valence-corrected chi connectivity index (χ4v) is 1.36. The van der Waals surface area contributed by atoms with Crippen LogP contribution in [0.15, 0.2) is 0 Å². The van der Waals surface area contributed by atoms with Crippen LogP contribution in [0.4, 0.5) is 4.79 Å². The standard InChI is InChI=1S/C10H19N5O5/c11-5(4-7(12)16)8(17)15-6(9(18)19)2-1-3-14-10(13)20/h5-6H,1-4,11H2,(H2,12,16)(H,15,17)(H,18,19)(H3,13,14,20)/t5-,6-/m0/s1. The van der Waals surface area contributed by atoms with Crippen molar-refractivity contribution in [3.05, 3.63) is 0 Å². The van der Waals surface area contributed by atoms with Crippen molar-refractivity contribution in [2.75, 3.05) is 6.54 Å². The van der Waals surface area contributed by atoms with Gasteiger partial charge in [0.05, 0.1) is 12.5 Å². The lowest BCUT2D eigenvalue weighted by Crippen LogP contribution is -2.49. The lowest BCUT2D eigenvalue weighted by molar-refractivity contribution is -0.142. The zero-order valence-corrected chi connectivity index (χ0v) is 10.8. The zero-order valence-electron chi connectivity index (χ0n) is 10.8. The third-order valence-electron chi connectivity index (χ3n) is 2.34. The Bertz CT molecular complexity index is 386. The van der Waals surface area contributed by atoms with Gasteiger partial charge in [-0.2, -0.15) is 0 Å². The van der Waals surface area contributed by atoms with Crippen LogP contribution < -0.4 is 27.8 Å². The molecule has 0 spiro atoms. The molecule has 10 heteroatoms. The summed E-state index contributed by atoms with van der Waals surface area (Å²) in [4.78, 5) is 43.5. The van der Waals surface area contributed by atoms with E-state index in [0.717, 1.165) is 0 Å². The summed E-state index contributed by atoms with van der Waals surface area (Å²) in [7, 11) is 0. The van der Waals surface area contributed by atoms with Crippen molar-refractivity contribution in [1.82, 2.24) is 10.6 Å². The molecule has 0 aliphatic rings. The predicted molar refractivity (Wildman–Crippen MR) is 68.2 cm³/mol. The first kappa shape index (κ1) is 17.6. The number of amides is 4. The second-order valence-electron chi connectivity index (χ2n) is 4.11. The SMILES string of the molecule is NC(=O)C[C@H](N)C(=O)N[C@@H](CCCNC(N)=O)C(=O)O. The van der Waals surface area contributed by atoms with E-state index in [0.29, 0.717) is 6.42 Å². The fraction of sp³-hybridized carbons (Fsp3) is 0.600. The number of carboxylic acids is 1. The van der Waals surface area contributed by atoms with Crippen LogP contribution in [-0.4, -0.2) is 47.5 Å². The summed E-state index contributed by atoms with van der Waals surface area (Å²) >= 11 is 0. The maximum Gasteiger partial charge on any atom is 0.326 e. The van der Waals surface area contributed by atoms with Gasteiger partial charge in [-0.25, -0.2) is 9.59 Å². The quantitative estimate of drug-likeness (QED) is 0.248. The van der Waals surface area contributed by atoms with Gasteiger partial charge in [-0.1, -0.05) is 0 Å². The number of rotatable bonds is 9. The van der Waals surface area contributed by atoms with Crippen molar-refractivity contribution in [1.29, 1.82) is 0 Å². The number of nitrogens with one attached hydrogen (secondary N) is 2. The molecule has 0 aliphatic carbocycles. The zero-order chi connectivity index (χ0) is 15.7. The van der Waals surface area contributed by atoms with Crippen molar-refractivity contribution in [2.24, 2.45) is 17.2 Å².